The SMILES string of the molecule is COCCOc1ccc(-c2ccc(-c3nc4cc(O[C@@H]5CO[C@H](CO)C5)[nH]c4cc3F)cc2)cc1. The number of halogens is 1. The van der Waals surface area contributed by atoms with Gasteiger partial charge in [0.1, 0.15) is 24.2 Å². The van der Waals surface area contributed by atoms with Crippen molar-refractivity contribution in [3.05, 3.63) is 66.5 Å². The first-order valence-corrected chi connectivity index (χ1v) is 11.5. The third kappa shape index (κ3) is 5.30. The minimum absolute atomic E-state index is 0.0317. The van der Waals surface area contributed by atoms with Gasteiger partial charge in [0.2, 0.25) is 0 Å². The molecule has 5 rings (SSSR count). The summed E-state index contributed by atoms with van der Waals surface area (Å²) in [6, 6.07) is 18.6. The Morgan fingerprint density at radius 1 is 1.03 bits per heavy atom. The van der Waals surface area contributed by atoms with Gasteiger partial charge in [-0.1, -0.05) is 36.4 Å². The lowest BCUT2D eigenvalue weighted by atomic mass is 10.0. The standard InChI is InChI=1S/C27H27FN2O5/c1-32-10-11-33-20-8-6-18(7-9-20)17-2-4-19(5-3-17)27-23(28)13-24-25(30-27)14-26(29-24)35-22-12-21(15-31)34-16-22/h2-9,13-14,21-22,29,31H,10-12,15-16H2,1H3/t21-,22-/m0/s1. The summed E-state index contributed by atoms with van der Waals surface area (Å²) in [6.45, 7) is 1.41. The highest BCUT2D eigenvalue weighted by molar-refractivity contribution is 5.81. The average Bonchev–Trinajstić information content (AvgIpc) is 3.50. The molecule has 0 aliphatic carbocycles. The number of ether oxygens (including phenoxy) is 4. The van der Waals surface area contributed by atoms with E-state index in [-0.39, 0.29) is 24.5 Å². The number of H-pyrrole nitrogens is 1. The van der Waals surface area contributed by atoms with Crippen LogP contribution in [0.1, 0.15) is 6.42 Å². The fourth-order valence-electron chi connectivity index (χ4n) is 4.14. The summed E-state index contributed by atoms with van der Waals surface area (Å²) in [5, 5.41) is 9.21. The lowest BCUT2D eigenvalue weighted by Crippen LogP contribution is -2.17. The van der Waals surface area contributed by atoms with Crippen LogP contribution in [0.5, 0.6) is 11.6 Å². The molecule has 0 amide bonds. The van der Waals surface area contributed by atoms with E-state index in [1.54, 1.807) is 13.2 Å². The van der Waals surface area contributed by atoms with Gasteiger partial charge in [-0.15, -0.1) is 0 Å². The van der Waals surface area contributed by atoms with Crippen LogP contribution in [-0.4, -0.2) is 60.8 Å². The Bertz CT molecular complexity index is 1270. The van der Waals surface area contributed by atoms with E-state index in [9.17, 15) is 9.50 Å². The average molecular weight is 479 g/mol. The lowest BCUT2D eigenvalue weighted by Gasteiger charge is -2.09. The molecule has 0 unspecified atom stereocenters. The van der Waals surface area contributed by atoms with Gasteiger partial charge in [0, 0.05) is 31.2 Å². The number of aliphatic hydroxyl groups excluding tert-OH is 1. The number of methoxy groups -OCH3 is 1. The zero-order valence-electron chi connectivity index (χ0n) is 19.4. The smallest absolute Gasteiger partial charge is 0.193 e. The molecule has 7 nitrogen and oxygen atoms in total. The van der Waals surface area contributed by atoms with Gasteiger partial charge in [-0.25, -0.2) is 9.37 Å². The molecule has 4 aromatic rings. The van der Waals surface area contributed by atoms with Gasteiger partial charge >= 0.3 is 0 Å². The Labute approximate surface area is 202 Å². The molecule has 1 saturated heterocycles. The van der Waals surface area contributed by atoms with Crippen LogP contribution in [0.25, 0.3) is 33.4 Å². The van der Waals surface area contributed by atoms with E-state index in [0.29, 0.717) is 48.7 Å². The van der Waals surface area contributed by atoms with Crippen LogP contribution in [0.2, 0.25) is 0 Å². The van der Waals surface area contributed by atoms with Gasteiger partial charge < -0.3 is 29.0 Å². The van der Waals surface area contributed by atoms with Crippen molar-refractivity contribution >= 4 is 11.0 Å². The molecule has 1 aliphatic rings. The zero-order valence-corrected chi connectivity index (χ0v) is 19.4. The van der Waals surface area contributed by atoms with E-state index in [1.807, 2.05) is 48.5 Å². The highest BCUT2D eigenvalue weighted by atomic mass is 19.1. The number of nitrogens with one attached hydrogen (secondary N) is 1. The molecule has 0 bridgehead atoms. The van der Waals surface area contributed by atoms with Crippen LogP contribution >= 0.6 is 0 Å². The van der Waals surface area contributed by atoms with Crippen molar-refractivity contribution in [2.75, 3.05) is 33.5 Å². The Morgan fingerprint density at radius 3 is 2.43 bits per heavy atom. The molecule has 2 N–H and O–H groups in total. The highest BCUT2D eigenvalue weighted by Crippen LogP contribution is 2.30. The molecule has 1 fully saturated rings. The first-order valence-electron chi connectivity index (χ1n) is 11.5. The van der Waals surface area contributed by atoms with Crippen molar-refractivity contribution in [2.45, 2.75) is 18.6 Å². The van der Waals surface area contributed by atoms with Gasteiger partial charge in [0.25, 0.3) is 0 Å². The molecular weight excluding hydrogens is 451 g/mol. The van der Waals surface area contributed by atoms with Gasteiger partial charge in [0.15, 0.2) is 11.7 Å². The number of aliphatic hydroxyl groups is 1. The first-order chi connectivity index (χ1) is 17.1. The van der Waals surface area contributed by atoms with Crippen LogP contribution < -0.4 is 9.47 Å². The molecule has 3 heterocycles. The number of aromatic nitrogens is 2. The summed E-state index contributed by atoms with van der Waals surface area (Å²) in [4.78, 5) is 7.60. The molecule has 182 valence electrons. The van der Waals surface area contributed by atoms with Crippen LogP contribution in [-0.2, 0) is 9.47 Å². The monoisotopic (exact) mass is 478 g/mol. The summed E-state index contributed by atoms with van der Waals surface area (Å²) in [7, 11) is 1.64. The fourth-order valence-corrected chi connectivity index (χ4v) is 4.14. The number of hydrogen-bond acceptors (Lipinski definition) is 6. The number of fused-ring (bicyclic) bond motifs is 1. The Morgan fingerprint density at radius 2 is 1.74 bits per heavy atom. The van der Waals surface area contributed by atoms with Crippen molar-refractivity contribution in [1.82, 2.24) is 9.97 Å². The summed E-state index contributed by atoms with van der Waals surface area (Å²) < 4.78 is 36.9. The number of aromatic amines is 1. The zero-order chi connectivity index (χ0) is 24.2. The van der Waals surface area contributed by atoms with Gasteiger partial charge in [-0.3, -0.25) is 0 Å². The summed E-state index contributed by atoms with van der Waals surface area (Å²) in [5.74, 6) is 0.868. The predicted molar refractivity (Wildman–Crippen MR) is 130 cm³/mol. The number of rotatable bonds is 9. The maximum absolute atomic E-state index is 14.9. The molecule has 2 atom stereocenters. The first kappa shape index (κ1) is 23.3. The Hall–Kier alpha value is -3.46. The van der Waals surface area contributed by atoms with Crippen molar-refractivity contribution in [3.8, 4) is 34.0 Å². The quantitative estimate of drug-likeness (QED) is 0.342. The number of pyridine rings is 1. The topological polar surface area (TPSA) is 85.8 Å². The molecule has 0 radical (unpaired) electrons. The van der Waals surface area contributed by atoms with Crippen LogP contribution in [0.3, 0.4) is 0 Å². The predicted octanol–water partition coefficient (Wildman–Crippen LogP) is 4.59. The largest absolute Gasteiger partial charge is 0.491 e. The van der Waals surface area contributed by atoms with Crippen LogP contribution in [0, 0.1) is 5.82 Å². The number of nitrogens with zero attached hydrogens (tertiary/aromatic N) is 1. The second-order valence-electron chi connectivity index (χ2n) is 8.44. The van der Waals surface area contributed by atoms with Crippen LogP contribution in [0.4, 0.5) is 4.39 Å². The second-order valence-corrected chi connectivity index (χ2v) is 8.44. The third-order valence-electron chi connectivity index (χ3n) is 5.97. The van der Waals surface area contributed by atoms with Crippen molar-refractivity contribution in [1.29, 1.82) is 0 Å². The normalized spacial score (nSPS) is 17.7. The number of benzene rings is 2. The summed E-state index contributed by atoms with van der Waals surface area (Å²) in [5.41, 5.74) is 4.18. The van der Waals surface area contributed by atoms with Gasteiger partial charge in [0.05, 0.1) is 37.0 Å². The van der Waals surface area contributed by atoms with Crippen molar-refractivity contribution < 1.29 is 28.4 Å². The van der Waals surface area contributed by atoms with E-state index >= 15 is 0 Å². The molecule has 35 heavy (non-hydrogen) atoms. The molecule has 2 aromatic carbocycles. The fraction of sp³-hybridized carbons (Fsp3) is 0.296. The summed E-state index contributed by atoms with van der Waals surface area (Å²) in [6.07, 6.45) is 0.235. The molecule has 8 heteroatoms. The Balaban J connectivity index is 1.31. The molecule has 1 aliphatic heterocycles. The summed E-state index contributed by atoms with van der Waals surface area (Å²) >= 11 is 0. The van der Waals surface area contributed by atoms with E-state index in [2.05, 4.69) is 9.97 Å². The number of hydrogen-bond donors (Lipinski definition) is 2. The molecule has 2 aromatic heterocycles. The van der Waals surface area contributed by atoms with Gasteiger partial charge in [-0.05, 0) is 23.3 Å². The maximum atomic E-state index is 14.9. The minimum atomic E-state index is -0.416. The second kappa shape index (κ2) is 10.4. The molecule has 0 spiro atoms. The molecule has 0 saturated carbocycles. The lowest BCUT2D eigenvalue weighted by molar-refractivity contribution is 0.0531. The minimum Gasteiger partial charge on any atom is -0.491 e. The molecular formula is C27H27FN2O5. The third-order valence-corrected chi connectivity index (χ3v) is 5.97. The highest BCUT2D eigenvalue weighted by Gasteiger charge is 2.27. The van der Waals surface area contributed by atoms with Crippen molar-refractivity contribution in [2.24, 2.45) is 0 Å². The van der Waals surface area contributed by atoms with Gasteiger partial charge in [-0.2, -0.15) is 0 Å². The van der Waals surface area contributed by atoms with E-state index in [1.165, 1.54) is 6.07 Å². The van der Waals surface area contributed by atoms with E-state index in [4.69, 9.17) is 18.9 Å². The van der Waals surface area contributed by atoms with Crippen molar-refractivity contribution in [3.63, 3.8) is 0 Å². The van der Waals surface area contributed by atoms with Crippen LogP contribution in [0.15, 0.2) is 60.7 Å². The maximum Gasteiger partial charge on any atom is 0.193 e. The van der Waals surface area contributed by atoms with E-state index in [0.717, 1.165) is 16.9 Å². The van der Waals surface area contributed by atoms with E-state index < -0.39 is 5.82 Å². The Kier molecular flexibility index (Phi) is 6.94.